The van der Waals surface area contributed by atoms with E-state index in [0.717, 1.165) is 54.9 Å². The van der Waals surface area contributed by atoms with E-state index in [1.807, 2.05) is 39.0 Å². The van der Waals surface area contributed by atoms with E-state index in [1.54, 1.807) is 0 Å². The molecule has 7 heteroatoms. The van der Waals surface area contributed by atoms with Gasteiger partial charge in [0.05, 0.1) is 12.5 Å². The predicted molar refractivity (Wildman–Crippen MR) is 120 cm³/mol. The molecule has 0 unspecified atom stereocenters. The van der Waals surface area contributed by atoms with Crippen LogP contribution in [0, 0.1) is 12.3 Å². The van der Waals surface area contributed by atoms with Gasteiger partial charge >= 0.3 is 5.97 Å². The van der Waals surface area contributed by atoms with Crippen molar-refractivity contribution in [1.82, 2.24) is 14.8 Å². The van der Waals surface area contributed by atoms with E-state index in [1.165, 1.54) is 7.11 Å². The summed E-state index contributed by atoms with van der Waals surface area (Å²) in [7, 11) is 1.43. The second kappa shape index (κ2) is 9.94. The molecule has 1 saturated carbocycles. The molecule has 0 atom stereocenters. The highest BCUT2D eigenvalue weighted by atomic mass is 35.5. The van der Waals surface area contributed by atoms with Crippen molar-refractivity contribution >= 4 is 23.4 Å². The molecule has 6 nitrogen and oxygen atoms in total. The zero-order valence-corrected chi connectivity index (χ0v) is 19.7. The van der Waals surface area contributed by atoms with E-state index in [9.17, 15) is 9.59 Å². The van der Waals surface area contributed by atoms with Gasteiger partial charge in [0.15, 0.2) is 0 Å². The molecule has 1 aliphatic carbocycles. The fourth-order valence-electron chi connectivity index (χ4n) is 3.92. The van der Waals surface area contributed by atoms with E-state index in [2.05, 4.69) is 14.8 Å². The number of methoxy groups -OCH3 is 1. The molecule has 1 aromatic carbocycles. The summed E-state index contributed by atoms with van der Waals surface area (Å²) in [5.74, 6) is 1.83. The molecule has 1 fully saturated rings. The first-order valence-electron chi connectivity index (χ1n) is 11.0. The standard InChI is InChI=1S/C24H32ClN3O3/c1-16-17(7-5-8-20(16)25)15-19(29)12-13-22-27-26-21(28(22)18-10-11-18)9-6-14-24(2,3)23(30)31-4/h5,7-8,18H,6,9-15H2,1-4H3. The minimum absolute atomic E-state index is 0.178. The quantitative estimate of drug-likeness (QED) is 0.462. The first-order chi connectivity index (χ1) is 14.7. The Labute approximate surface area is 189 Å². The summed E-state index contributed by atoms with van der Waals surface area (Å²) in [6.07, 6.45) is 5.99. The lowest BCUT2D eigenvalue weighted by molar-refractivity contribution is -0.151. The third kappa shape index (κ3) is 5.94. The molecular formula is C24H32ClN3O3. The molecule has 0 aliphatic heterocycles. The molecule has 0 saturated heterocycles. The molecule has 0 spiro atoms. The normalized spacial score (nSPS) is 14.0. The van der Waals surface area contributed by atoms with Crippen LogP contribution in [-0.2, 0) is 33.6 Å². The van der Waals surface area contributed by atoms with Crippen LogP contribution < -0.4 is 0 Å². The summed E-state index contributed by atoms with van der Waals surface area (Å²) in [5.41, 5.74) is 1.44. The molecule has 1 heterocycles. The Morgan fingerprint density at radius 3 is 2.52 bits per heavy atom. The highest BCUT2D eigenvalue weighted by molar-refractivity contribution is 6.31. The summed E-state index contributed by atoms with van der Waals surface area (Å²) in [6, 6.07) is 6.13. The van der Waals surface area contributed by atoms with Crippen molar-refractivity contribution in [3.05, 3.63) is 46.0 Å². The maximum absolute atomic E-state index is 12.6. The lowest BCUT2D eigenvalue weighted by Gasteiger charge is -2.21. The molecular weight excluding hydrogens is 414 g/mol. The highest BCUT2D eigenvalue weighted by Gasteiger charge is 2.31. The largest absolute Gasteiger partial charge is 0.469 e. The van der Waals surface area contributed by atoms with Crippen molar-refractivity contribution in [2.24, 2.45) is 5.41 Å². The molecule has 0 amide bonds. The minimum Gasteiger partial charge on any atom is -0.469 e. The average Bonchev–Trinajstić information content (AvgIpc) is 3.49. The van der Waals surface area contributed by atoms with E-state index in [0.29, 0.717) is 30.3 Å². The SMILES string of the molecule is COC(=O)C(C)(C)CCCc1nnc(CCC(=O)Cc2cccc(Cl)c2C)n1C1CC1. The van der Waals surface area contributed by atoms with Crippen LogP contribution in [0.15, 0.2) is 18.2 Å². The number of nitrogens with zero attached hydrogens (tertiary/aromatic N) is 3. The van der Waals surface area contributed by atoms with Crippen molar-refractivity contribution in [1.29, 1.82) is 0 Å². The number of aromatic nitrogens is 3. The fraction of sp³-hybridized carbons (Fsp3) is 0.583. The maximum Gasteiger partial charge on any atom is 0.311 e. The second-order valence-electron chi connectivity index (χ2n) is 9.10. The number of benzene rings is 1. The minimum atomic E-state index is -0.507. The van der Waals surface area contributed by atoms with Gasteiger partial charge in [-0.15, -0.1) is 10.2 Å². The number of hydrogen-bond acceptors (Lipinski definition) is 5. The molecule has 3 rings (SSSR count). The smallest absolute Gasteiger partial charge is 0.311 e. The molecule has 1 aliphatic rings. The summed E-state index contributed by atoms with van der Waals surface area (Å²) in [6.45, 7) is 5.76. The molecule has 0 bridgehead atoms. The Hall–Kier alpha value is -2.21. The zero-order chi connectivity index (χ0) is 22.6. The van der Waals surface area contributed by atoms with Crippen molar-refractivity contribution in [2.45, 2.75) is 78.2 Å². The van der Waals surface area contributed by atoms with Crippen LogP contribution in [0.4, 0.5) is 0 Å². The number of ketones is 1. The molecule has 31 heavy (non-hydrogen) atoms. The Morgan fingerprint density at radius 2 is 1.87 bits per heavy atom. The third-order valence-electron chi connectivity index (χ3n) is 6.08. The third-order valence-corrected chi connectivity index (χ3v) is 6.49. The molecule has 2 aromatic rings. The summed E-state index contributed by atoms with van der Waals surface area (Å²) < 4.78 is 7.12. The van der Waals surface area contributed by atoms with Crippen molar-refractivity contribution in [2.75, 3.05) is 7.11 Å². The molecule has 1 aromatic heterocycles. The van der Waals surface area contributed by atoms with Gasteiger partial charge in [0.25, 0.3) is 0 Å². The van der Waals surface area contributed by atoms with Gasteiger partial charge in [0.2, 0.25) is 0 Å². The average molecular weight is 446 g/mol. The van der Waals surface area contributed by atoms with Crippen LogP contribution in [-0.4, -0.2) is 33.6 Å². The van der Waals surface area contributed by atoms with Crippen LogP contribution >= 0.6 is 11.6 Å². The lowest BCUT2D eigenvalue weighted by Crippen LogP contribution is -2.25. The van der Waals surface area contributed by atoms with Crippen LogP contribution in [0.2, 0.25) is 5.02 Å². The number of ether oxygens (including phenoxy) is 1. The first-order valence-corrected chi connectivity index (χ1v) is 11.4. The number of rotatable bonds is 11. The number of esters is 1. The zero-order valence-electron chi connectivity index (χ0n) is 18.9. The van der Waals surface area contributed by atoms with Gasteiger partial charge in [-0.3, -0.25) is 9.59 Å². The summed E-state index contributed by atoms with van der Waals surface area (Å²) in [5, 5.41) is 9.51. The highest BCUT2D eigenvalue weighted by Crippen LogP contribution is 2.37. The van der Waals surface area contributed by atoms with Gasteiger partial charge in [-0.25, -0.2) is 0 Å². The number of aryl methyl sites for hydroxylation is 2. The Kier molecular flexibility index (Phi) is 7.52. The van der Waals surface area contributed by atoms with Crippen LogP contribution in [0.1, 0.15) is 74.8 Å². The molecule has 168 valence electrons. The number of Topliss-reactive ketones (excluding diaryl/α,β-unsaturated/α-hetero) is 1. The van der Waals surface area contributed by atoms with E-state index in [-0.39, 0.29) is 11.8 Å². The van der Waals surface area contributed by atoms with Gasteiger partial charge in [-0.05, 0) is 63.6 Å². The summed E-state index contributed by atoms with van der Waals surface area (Å²) >= 11 is 6.17. The Morgan fingerprint density at radius 1 is 1.19 bits per heavy atom. The maximum atomic E-state index is 12.6. The van der Waals surface area contributed by atoms with Gasteiger partial charge in [0.1, 0.15) is 17.4 Å². The van der Waals surface area contributed by atoms with Gasteiger partial charge in [-0.1, -0.05) is 23.7 Å². The molecule has 0 radical (unpaired) electrons. The number of halogens is 1. The second-order valence-corrected chi connectivity index (χ2v) is 9.51. The summed E-state index contributed by atoms with van der Waals surface area (Å²) in [4.78, 5) is 24.5. The van der Waals surface area contributed by atoms with E-state index in [4.69, 9.17) is 16.3 Å². The Bertz CT molecular complexity index is 948. The lowest BCUT2D eigenvalue weighted by atomic mass is 9.87. The Balaban J connectivity index is 1.58. The van der Waals surface area contributed by atoms with E-state index < -0.39 is 5.41 Å². The van der Waals surface area contributed by atoms with Crippen molar-refractivity contribution < 1.29 is 14.3 Å². The van der Waals surface area contributed by atoms with Crippen molar-refractivity contribution in [3.8, 4) is 0 Å². The van der Waals surface area contributed by atoms with Crippen LogP contribution in [0.5, 0.6) is 0 Å². The van der Waals surface area contributed by atoms with Gasteiger partial charge in [-0.2, -0.15) is 0 Å². The van der Waals surface area contributed by atoms with Gasteiger partial charge in [0, 0.05) is 36.7 Å². The number of hydrogen-bond donors (Lipinski definition) is 0. The molecule has 0 N–H and O–H groups in total. The van der Waals surface area contributed by atoms with Crippen LogP contribution in [0.3, 0.4) is 0 Å². The van der Waals surface area contributed by atoms with Crippen LogP contribution in [0.25, 0.3) is 0 Å². The van der Waals surface area contributed by atoms with E-state index >= 15 is 0 Å². The van der Waals surface area contributed by atoms with Gasteiger partial charge < -0.3 is 9.30 Å². The number of carbonyl (C=O) groups is 2. The number of carbonyl (C=O) groups excluding carboxylic acids is 2. The first kappa shape index (κ1) is 23.5. The predicted octanol–water partition coefficient (Wildman–Crippen LogP) is 4.84. The van der Waals surface area contributed by atoms with Crippen molar-refractivity contribution in [3.63, 3.8) is 0 Å². The monoisotopic (exact) mass is 445 g/mol. The fourth-order valence-corrected chi connectivity index (χ4v) is 4.11. The topological polar surface area (TPSA) is 74.1 Å².